The van der Waals surface area contributed by atoms with Gasteiger partial charge in [0.25, 0.3) is 0 Å². The third-order valence-corrected chi connectivity index (χ3v) is 5.97. The summed E-state index contributed by atoms with van der Waals surface area (Å²) in [5, 5.41) is 4.03. The van der Waals surface area contributed by atoms with Crippen molar-refractivity contribution in [3.8, 4) is 0 Å². The number of unbranched alkanes of at least 4 members (excludes halogenated alkanes) is 1. The molecule has 0 radical (unpaired) electrons. The van der Waals surface area contributed by atoms with Crippen molar-refractivity contribution in [2.75, 3.05) is 40.4 Å². The molecule has 1 heterocycles. The van der Waals surface area contributed by atoms with Gasteiger partial charge in [0.05, 0.1) is 22.7 Å². The zero-order chi connectivity index (χ0) is 19.8. The van der Waals surface area contributed by atoms with E-state index >= 15 is 0 Å². The molecule has 27 heavy (non-hydrogen) atoms. The Hall–Kier alpha value is -1.01. The average Bonchev–Trinajstić information content (AvgIpc) is 2.66. The van der Waals surface area contributed by atoms with Crippen LogP contribution in [0, 0.1) is 0 Å². The third-order valence-electron chi connectivity index (χ3n) is 5.14. The predicted octanol–water partition coefficient (Wildman–Crippen LogP) is 4.59. The lowest BCUT2D eigenvalue weighted by molar-refractivity contribution is 0.103. The van der Waals surface area contributed by atoms with E-state index in [1.54, 1.807) is 6.07 Å². The Kier molecular flexibility index (Phi) is 9.16. The molecular formula is C20H31Cl2N3O2. The predicted molar refractivity (Wildman–Crippen MR) is 112 cm³/mol. The van der Waals surface area contributed by atoms with E-state index in [2.05, 4.69) is 24.2 Å². The number of hydrogen-bond acceptors (Lipinski definition) is 3. The SMILES string of the molecule is CCCCOC[C@H](NC(=O)N(C)C1CCN(C)CC1)c1cccc(Cl)c1Cl. The number of benzene rings is 1. The lowest BCUT2D eigenvalue weighted by Gasteiger charge is -2.36. The summed E-state index contributed by atoms with van der Waals surface area (Å²) in [6, 6.07) is 5.28. The molecule has 1 atom stereocenters. The summed E-state index contributed by atoms with van der Waals surface area (Å²) in [5.41, 5.74) is 0.783. The molecular weight excluding hydrogens is 385 g/mol. The second-order valence-electron chi connectivity index (χ2n) is 7.22. The fourth-order valence-corrected chi connectivity index (χ4v) is 3.68. The number of nitrogens with zero attached hydrogens (tertiary/aromatic N) is 2. The van der Waals surface area contributed by atoms with Crippen LogP contribution in [0.25, 0.3) is 0 Å². The van der Waals surface area contributed by atoms with Gasteiger partial charge in [-0.15, -0.1) is 0 Å². The molecule has 1 N–H and O–H groups in total. The first-order valence-electron chi connectivity index (χ1n) is 9.67. The molecule has 1 aromatic rings. The Bertz CT molecular complexity index is 607. The van der Waals surface area contributed by atoms with E-state index in [0.29, 0.717) is 23.3 Å². The van der Waals surface area contributed by atoms with Crippen molar-refractivity contribution in [1.29, 1.82) is 0 Å². The molecule has 0 aliphatic carbocycles. The second-order valence-corrected chi connectivity index (χ2v) is 8.00. The average molecular weight is 416 g/mol. The summed E-state index contributed by atoms with van der Waals surface area (Å²) < 4.78 is 5.78. The minimum atomic E-state index is -0.339. The monoisotopic (exact) mass is 415 g/mol. The maximum atomic E-state index is 12.9. The smallest absolute Gasteiger partial charge is 0.317 e. The van der Waals surface area contributed by atoms with E-state index in [1.165, 1.54) is 0 Å². The van der Waals surface area contributed by atoms with Crippen LogP contribution >= 0.6 is 23.2 Å². The van der Waals surface area contributed by atoms with Gasteiger partial charge in [-0.2, -0.15) is 0 Å². The van der Waals surface area contributed by atoms with Crippen molar-refractivity contribution in [2.24, 2.45) is 0 Å². The van der Waals surface area contributed by atoms with E-state index < -0.39 is 0 Å². The van der Waals surface area contributed by atoms with Gasteiger partial charge in [-0.25, -0.2) is 4.79 Å². The van der Waals surface area contributed by atoms with Crippen molar-refractivity contribution in [3.63, 3.8) is 0 Å². The van der Waals surface area contributed by atoms with Gasteiger partial charge >= 0.3 is 6.03 Å². The maximum Gasteiger partial charge on any atom is 0.317 e. The number of ether oxygens (including phenoxy) is 1. The standard InChI is InChI=1S/C20H31Cl2N3O2/c1-4-5-13-27-14-18(16-7-6-8-17(21)19(16)22)23-20(26)25(3)15-9-11-24(2)12-10-15/h6-8,15,18H,4-5,9-14H2,1-3H3,(H,23,26)/t18-/m0/s1. The van der Waals surface area contributed by atoms with Gasteiger partial charge in [-0.1, -0.05) is 48.7 Å². The first-order valence-corrected chi connectivity index (χ1v) is 10.4. The van der Waals surface area contributed by atoms with Crippen LogP contribution < -0.4 is 5.32 Å². The van der Waals surface area contributed by atoms with E-state index in [9.17, 15) is 4.79 Å². The fraction of sp³-hybridized carbons (Fsp3) is 0.650. The molecule has 0 aromatic heterocycles. The van der Waals surface area contributed by atoms with E-state index in [4.69, 9.17) is 27.9 Å². The van der Waals surface area contributed by atoms with Gasteiger partial charge in [0.2, 0.25) is 0 Å². The summed E-state index contributed by atoms with van der Waals surface area (Å²) in [7, 11) is 3.97. The molecule has 0 bridgehead atoms. The second kappa shape index (κ2) is 11.1. The molecule has 1 fully saturated rings. The van der Waals surface area contributed by atoms with Crippen LogP contribution in [-0.2, 0) is 4.74 Å². The summed E-state index contributed by atoms with van der Waals surface area (Å²) in [4.78, 5) is 17.0. The highest BCUT2D eigenvalue weighted by atomic mass is 35.5. The molecule has 0 unspecified atom stereocenters. The quantitative estimate of drug-likeness (QED) is 0.631. The highest BCUT2D eigenvalue weighted by Gasteiger charge is 2.26. The van der Waals surface area contributed by atoms with Crippen molar-refractivity contribution < 1.29 is 9.53 Å². The van der Waals surface area contributed by atoms with Gasteiger partial charge in [0.15, 0.2) is 0 Å². The van der Waals surface area contributed by atoms with Crippen molar-refractivity contribution in [1.82, 2.24) is 15.1 Å². The number of nitrogens with one attached hydrogen (secondary N) is 1. The highest BCUT2D eigenvalue weighted by molar-refractivity contribution is 6.42. The molecule has 2 amide bonds. The van der Waals surface area contributed by atoms with E-state index in [-0.39, 0.29) is 18.1 Å². The van der Waals surface area contributed by atoms with Crippen LogP contribution in [0.4, 0.5) is 4.79 Å². The van der Waals surface area contributed by atoms with Crippen LogP contribution in [0.3, 0.4) is 0 Å². The number of piperidine rings is 1. The number of likely N-dealkylation sites (tertiary alicyclic amines) is 1. The molecule has 0 spiro atoms. The van der Waals surface area contributed by atoms with Gasteiger partial charge in [-0.3, -0.25) is 0 Å². The van der Waals surface area contributed by atoms with Crippen LogP contribution in [0.15, 0.2) is 18.2 Å². The lowest BCUT2D eigenvalue weighted by Crippen LogP contribution is -2.49. The zero-order valence-electron chi connectivity index (χ0n) is 16.5. The number of urea groups is 1. The van der Waals surface area contributed by atoms with Gasteiger partial charge < -0.3 is 19.9 Å². The van der Waals surface area contributed by atoms with Crippen LogP contribution in [0.1, 0.15) is 44.2 Å². The van der Waals surface area contributed by atoms with Gasteiger partial charge in [0.1, 0.15) is 0 Å². The Morgan fingerprint density at radius 1 is 1.37 bits per heavy atom. The number of rotatable bonds is 8. The topological polar surface area (TPSA) is 44.8 Å². The molecule has 1 aromatic carbocycles. The Labute approximate surface area is 172 Å². The molecule has 1 aliphatic heterocycles. The number of carbonyl (C=O) groups excluding carboxylic acids is 1. The lowest BCUT2D eigenvalue weighted by atomic mass is 10.0. The Morgan fingerprint density at radius 2 is 2.07 bits per heavy atom. The number of halogens is 2. The highest BCUT2D eigenvalue weighted by Crippen LogP contribution is 2.30. The number of hydrogen-bond donors (Lipinski definition) is 1. The molecule has 152 valence electrons. The molecule has 2 rings (SSSR count). The maximum absolute atomic E-state index is 12.9. The summed E-state index contributed by atoms with van der Waals surface area (Å²) in [5.74, 6) is 0. The van der Waals surface area contributed by atoms with Crippen molar-refractivity contribution in [3.05, 3.63) is 33.8 Å². The van der Waals surface area contributed by atoms with E-state index in [0.717, 1.165) is 44.3 Å². The summed E-state index contributed by atoms with van der Waals surface area (Å²) >= 11 is 12.6. The normalized spacial score (nSPS) is 16.9. The summed E-state index contributed by atoms with van der Waals surface area (Å²) in [6.45, 7) is 5.16. The minimum Gasteiger partial charge on any atom is -0.379 e. The first kappa shape index (κ1) is 22.3. The van der Waals surface area contributed by atoms with Crippen molar-refractivity contribution in [2.45, 2.75) is 44.7 Å². The van der Waals surface area contributed by atoms with Crippen LogP contribution in [0.5, 0.6) is 0 Å². The number of carbonyl (C=O) groups is 1. The largest absolute Gasteiger partial charge is 0.379 e. The summed E-state index contributed by atoms with van der Waals surface area (Å²) in [6.07, 6.45) is 4.01. The van der Waals surface area contributed by atoms with Crippen molar-refractivity contribution >= 4 is 29.2 Å². The van der Waals surface area contributed by atoms with E-state index in [1.807, 2.05) is 24.1 Å². The third kappa shape index (κ3) is 6.53. The Balaban J connectivity index is 2.05. The molecule has 1 saturated heterocycles. The fourth-order valence-electron chi connectivity index (χ4n) is 3.25. The molecule has 0 saturated carbocycles. The first-order chi connectivity index (χ1) is 12.9. The Morgan fingerprint density at radius 3 is 2.74 bits per heavy atom. The minimum absolute atomic E-state index is 0.107. The van der Waals surface area contributed by atoms with Crippen LogP contribution in [-0.4, -0.2) is 62.3 Å². The van der Waals surface area contributed by atoms with Gasteiger partial charge in [0, 0.05) is 19.7 Å². The zero-order valence-corrected chi connectivity index (χ0v) is 18.0. The molecule has 7 heteroatoms. The van der Waals surface area contributed by atoms with Gasteiger partial charge in [-0.05, 0) is 51.0 Å². The number of amides is 2. The van der Waals surface area contributed by atoms with Crippen LogP contribution in [0.2, 0.25) is 10.0 Å². The molecule has 1 aliphatic rings. The molecule has 5 nitrogen and oxygen atoms in total.